The molecule has 0 bridgehead atoms. The topological polar surface area (TPSA) is 175 Å². The maximum atomic E-state index is 13.4. The molecule has 1 rings (SSSR count). The zero-order valence-electron chi connectivity index (χ0n) is 50.7. The summed E-state index contributed by atoms with van der Waals surface area (Å²) < 4.78 is 17.6. The van der Waals surface area contributed by atoms with Crippen LogP contribution in [-0.2, 0) is 23.8 Å². The van der Waals surface area contributed by atoms with Crippen molar-refractivity contribution in [2.45, 2.75) is 333 Å². The zero-order chi connectivity index (χ0) is 57.5. The minimum absolute atomic E-state index is 0.115. The van der Waals surface area contributed by atoms with Crippen molar-refractivity contribution in [2.24, 2.45) is 0 Å². The van der Waals surface area contributed by atoms with Crippen LogP contribution in [0.1, 0.15) is 284 Å². The van der Waals surface area contributed by atoms with Gasteiger partial charge in [-0.3, -0.25) is 9.59 Å². The fourth-order valence-corrected chi connectivity index (χ4v) is 9.86. The molecule has 0 spiro atoms. The lowest BCUT2D eigenvalue weighted by atomic mass is 9.99. The molecule has 0 aromatic rings. The minimum atomic E-state index is -1.62. The van der Waals surface area contributed by atoms with E-state index in [1.165, 1.54) is 141 Å². The van der Waals surface area contributed by atoms with Gasteiger partial charge in [0.25, 0.3) is 0 Å². The third-order valence-corrected chi connectivity index (χ3v) is 15.1. The predicted molar refractivity (Wildman–Crippen MR) is 329 cm³/mol. The summed E-state index contributed by atoms with van der Waals surface area (Å²) in [6, 6.07) is -1.04. The fraction of sp³-hybridized carbons (Fsp3) is 0.794. The van der Waals surface area contributed by atoms with Crippen molar-refractivity contribution in [1.82, 2.24) is 5.32 Å². The Kier molecular flexibility index (Phi) is 52.2. The SMILES string of the molecule is CCCCC/C=C\C/C=C\C/C=C\C/C=C\CCCCCCC(O)C(=O)NC(COC1OC(CO)C(O)C(O)C1OC(=O)CCCCCCCCC/C=C/CCCCCCCC)C(O)/C=C/CCCCCCCCCCCCC. The van der Waals surface area contributed by atoms with E-state index in [4.69, 9.17) is 14.2 Å². The number of carbonyl (C=O) groups excluding carboxylic acids is 2. The van der Waals surface area contributed by atoms with Gasteiger partial charge < -0.3 is 45.1 Å². The Morgan fingerprint density at radius 2 is 0.873 bits per heavy atom. The van der Waals surface area contributed by atoms with Crippen molar-refractivity contribution in [3.05, 3.63) is 72.9 Å². The highest BCUT2D eigenvalue weighted by molar-refractivity contribution is 5.80. The van der Waals surface area contributed by atoms with Gasteiger partial charge in [-0.05, 0) is 96.3 Å². The van der Waals surface area contributed by atoms with Crippen molar-refractivity contribution in [3.63, 3.8) is 0 Å². The summed E-state index contributed by atoms with van der Waals surface area (Å²) in [6.45, 7) is 5.76. The van der Waals surface area contributed by atoms with Crippen LogP contribution in [0.3, 0.4) is 0 Å². The lowest BCUT2D eigenvalue weighted by molar-refractivity contribution is -0.305. The molecule has 8 atom stereocenters. The molecule has 0 aliphatic carbocycles. The van der Waals surface area contributed by atoms with Crippen LogP contribution in [0.4, 0.5) is 0 Å². The Morgan fingerprint density at radius 1 is 0.494 bits per heavy atom. The molecule has 1 fully saturated rings. The van der Waals surface area contributed by atoms with Crippen molar-refractivity contribution in [3.8, 4) is 0 Å². The van der Waals surface area contributed by atoms with Gasteiger partial charge in [0.05, 0.1) is 25.4 Å². The number of unbranched alkanes of at least 4 members (excludes halogenated alkanes) is 31. The number of hydrogen-bond acceptors (Lipinski definition) is 10. The lowest BCUT2D eigenvalue weighted by Crippen LogP contribution is -2.61. The molecular formula is C68H121NO10. The van der Waals surface area contributed by atoms with Gasteiger partial charge in [0.2, 0.25) is 5.91 Å². The van der Waals surface area contributed by atoms with Crippen molar-refractivity contribution in [1.29, 1.82) is 0 Å². The van der Waals surface area contributed by atoms with Crippen LogP contribution < -0.4 is 5.32 Å². The lowest BCUT2D eigenvalue weighted by Gasteiger charge is -2.41. The molecule has 0 saturated carbocycles. The van der Waals surface area contributed by atoms with Crippen LogP contribution in [0.2, 0.25) is 0 Å². The fourth-order valence-electron chi connectivity index (χ4n) is 9.86. The Balaban J connectivity index is 2.69. The maximum Gasteiger partial charge on any atom is 0.306 e. The highest BCUT2D eigenvalue weighted by Crippen LogP contribution is 2.26. The third-order valence-electron chi connectivity index (χ3n) is 15.1. The number of aliphatic hydroxyl groups is 5. The first-order valence-corrected chi connectivity index (χ1v) is 32.7. The molecule has 1 heterocycles. The summed E-state index contributed by atoms with van der Waals surface area (Å²) in [5.41, 5.74) is 0. The molecule has 79 heavy (non-hydrogen) atoms. The van der Waals surface area contributed by atoms with Crippen LogP contribution in [0.5, 0.6) is 0 Å². The van der Waals surface area contributed by atoms with E-state index in [0.717, 1.165) is 96.3 Å². The van der Waals surface area contributed by atoms with E-state index < -0.39 is 67.4 Å². The van der Waals surface area contributed by atoms with Crippen LogP contribution in [0.15, 0.2) is 72.9 Å². The van der Waals surface area contributed by atoms with E-state index in [1.807, 2.05) is 6.08 Å². The monoisotopic (exact) mass is 1110 g/mol. The van der Waals surface area contributed by atoms with Gasteiger partial charge in [0.15, 0.2) is 12.4 Å². The van der Waals surface area contributed by atoms with Crippen LogP contribution in [-0.4, -0.2) is 99.6 Å². The normalized spacial score (nSPS) is 19.3. The molecule has 1 aliphatic heterocycles. The number of esters is 1. The van der Waals surface area contributed by atoms with E-state index in [1.54, 1.807) is 6.08 Å². The molecule has 1 amide bonds. The summed E-state index contributed by atoms with van der Waals surface area (Å²) in [5.74, 6) is -1.22. The third kappa shape index (κ3) is 43.5. The standard InChI is InChI=1S/C68H121NO10/c1-4-7-10-13-16-19-22-25-27-29-30-31-33-34-37-40-43-46-49-52-55-61(72)67(76)69-59(60(71)54-51-48-45-42-39-36-24-21-18-15-12-9-6-3)58-77-68-66(65(75)64(74)62(57-70)78-68)79-63(73)56-53-50-47-44-41-38-35-32-28-26-23-20-17-14-11-8-5-2/h16,19,25-28,30-31,34,37,51,54,59-62,64-66,68,70-72,74-75H,4-15,17-18,20-24,29,32-33,35-36,38-50,52-53,55-58H2,1-3H3,(H,69,76)/b19-16-,27-25-,28-26+,31-30-,37-34-,54-51+. The second-order valence-corrected chi connectivity index (χ2v) is 22.5. The molecule has 458 valence electrons. The average Bonchev–Trinajstić information content (AvgIpc) is 3.49. The second kappa shape index (κ2) is 55.6. The van der Waals surface area contributed by atoms with Gasteiger partial charge >= 0.3 is 5.97 Å². The van der Waals surface area contributed by atoms with E-state index in [9.17, 15) is 35.1 Å². The zero-order valence-corrected chi connectivity index (χ0v) is 50.7. The highest BCUT2D eigenvalue weighted by Gasteiger charge is 2.47. The summed E-state index contributed by atoms with van der Waals surface area (Å²) in [4.78, 5) is 26.6. The first kappa shape index (κ1) is 74.1. The number of amides is 1. The molecule has 11 heteroatoms. The maximum absolute atomic E-state index is 13.4. The summed E-state index contributed by atoms with van der Waals surface area (Å²) in [7, 11) is 0. The highest BCUT2D eigenvalue weighted by atomic mass is 16.7. The molecule has 0 aromatic carbocycles. The Hall–Kier alpha value is -2.90. The Morgan fingerprint density at radius 3 is 1.34 bits per heavy atom. The first-order valence-electron chi connectivity index (χ1n) is 32.7. The number of nitrogens with one attached hydrogen (secondary N) is 1. The largest absolute Gasteiger partial charge is 0.454 e. The van der Waals surface area contributed by atoms with Gasteiger partial charge in [-0.15, -0.1) is 0 Å². The van der Waals surface area contributed by atoms with E-state index >= 15 is 0 Å². The van der Waals surface area contributed by atoms with Gasteiger partial charge in [0, 0.05) is 6.42 Å². The van der Waals surface area contributed by atoms with E-state index in [2.05, 4.69) is 86.8 Å². The van der Waals surface area contributed by atoms with Crippen LogP contribution in [0.25, 0.3) is 0 Å². The number of aliphatic hydroxyl groups excluding tert-OH is 5. The van der Waals surface area contributed by atoms with Crippen LogP contribution in [0, 0.1) is 0 Å². The van der Waals surface area contributed by atoms with E-state index in [0.29, 0.717) is 12.8 Å². The predicted octanol–water partition coefficient (Wildman–Crippen LogP) is 16.0. The minimum Gasteiger partial charge on any atom is -0.454 e. The molecule has 0 radical (unpaired) electrons. The van der Waals surface area contributed by atoms with E-state index in [-0.39, 0.29) is 19.4 Å². The summed E-state index contributed by atoms with van der Waals surface area (Å²) >= 11 is 0. The van der Waals surface area contributed by atoms with Gasteiger partial charge in [0.1, 0.15) is 24.4 Å². The van der Waals surface area contributed by atoms with Crippen LogP contribution >= 0.6 is 0 Å². The van der Waals surface area contributed by atoms with Crippen molar-refractivity contribution < 1.29 is 49.3 Å². The molecular weight excluding hydrogens is 991 g/mol. The molecule has 11 nitrogen and oxygen atoms in total. The molecule has 1 saturated heterocycles. The molecule has 1 aliphatic rings. The Bertz CT molecular complexity index is 1560. The molecule has 6 N–H and O–H groups in total. The number of allylic oxidation sites excluding steroid dienone is 11. The number of carbonyl (C=O) groups is 2. The Labute approximate surface area is 483 Å². The number of hydrogen-bond donors (Lipinski definition) is 6. The quantitative estimate of drug-likeness (QED) is 0.0195. The number of rotatable bonds is 55. The van der Waals surface area contributed by atoms with Crippen molar-refractivity contribution >= 4 is 11.9 Å². The van der Waals surface area contributed by atoms with Gasteiger partial charge in [-0.25, -0.2) is 0 Å². The second-order valence-electron chi connectivity index (χ2n) is 22.5. The van der Waals surface area contributed by atoms with Gasteiger partial charge in [-0.2, -0.15) is 0 Å². The first-order chi connectivity index (χ1) is 38.7. The number of ether oxygens (including phenoxy) is 3. The smallest absolute Gasteiger partial charge is 0.306 e. The summed E-state index contributed by atoms with van der Waals surface area (Å²) in [6.07, 6.45) is 60.7. The van der Waals surface area contributed by atoms with Crippen molar-refractivity contribution in [2.75, 3.05) is 13.2 Å². The average molecular weight is 1110 g/mol. The summed E-state index contributed by atoms with van der Waals surface area (Å²) in [5, 5.41) is 57.1. The molecule has 8 unspecified atom stereocenters. The molecule has 0 aromatic heterocycles. The van der Waals surface area contributed by atoms with Gasteiger partial charge in [-0.1, -0.05) is 254 Å².